The fourth-order valence-corrected chi connectivity index (χ4v) is 3.27. The summed E-state index contributed by atoms with van der Waals surface area (Å²) in [4.78, 5) is 25.8. The molecule has 0 radical (unpaired) electrons. The van der Waals surface area contributed by atoms with Crippen LogP contribution in [0.15, 0.2) is 6.07 Å². The number of halogens is 3. The zero-order chi connectivity index (χ0) is 25.1. The van der Waals surface area contributed by atoms with Gasteiger partial charge in [0.1, 0.15) is 22.6 Å². The molecule has 0 bridgehead atoms. The lowest BCUT2D eigenvalue weighted by atomic mass is 9.99. The van der Waals surface area contributed by atoms with Crippen LogP contribution in [0.3, 0.4) is 0 Å². The number of morpholine rings is 1. The van der Waals surface area contributed by atoms with Gasteiger partial charge in [0.25, 0.3) is 0 Å². The van der Waals surface area contributed by atoms with Crippen LogP contribution in [0.2, 0.25) is 0 Å². The molecule has 2 atom stereocenters. The summed E-state index contributed by atoms with van der Waals surface area (Å²) in [6, 6.07) is 0.520. The number of benzene rings is 1. The van der Waals surface area contributed by atoms with Crippen LogP contribution in [0, 0.1) is 17.5 Å². The summed E-state index contributed by atoms with van der Waals surface area (Å²) in [5.41, 5.74) is -3.41. The third-order valence-corrected chi connectivity index (χ3v) is 4.70. The number of aliphatic hydroxyl groups excluding tert-OH is 1. The van der Waals surface area contributed by atoms with Crippen LogP contribution >= 0.6 is 0 Å². The molecule has 1 aromatic rings. The molecule has 1 N–H and O–H groups in total. The third-order valence-electron chi connectivity index (χ3n) is 4.70. The SMILES string of the molecule is CC(C)(C)OC(=O)c1cc(F)c([C@@H](O)CC[C@H]2CN(C(=O)OC(C)(C)C)CCO2)c(F)c1F. The number of amides is 1. The number of ether oxygens (including phenoxy) is 3. The van der Waals surface area contributed by atoms with Gasteiger partial charge in [-0.25, -0.2) is 22.8 Å². The average Bonchev–Trinajstić information content (AvgIpc) is 2.66. The topological polar surface area (TPSA) is 85.3 Å². The predicted molar refractivity (Wildman–Crippen MR) is 113 cm³/mol. The second kappa shape index (κ2) is 10.3. The van der Waals surface area contributed by atoms with Crippen LogP contribution in [-0.2, 0) is 14.2 Å². The van der Waals surface area contributed by atoms with E-state index in [0.29, 0.717) is 12.6 Å². The van der Waals surface area contributed by atoms with Gasteiger partial charge in [0, 0.05) is 6.54 Å². The van der Waals surface area contributed by atoms with E-state index in [1.807, 2.05) is 0 Å². The van der Waals surface area contributed by atoms with Crippen molar-refractivity contribution < 1.29 is 42.1 Å². The Kier molecular flexibility index (Phi) is 8.40. The number of nitrogens with zero attached hydrogens (tertiary/aromatic N) is 1. The van der Waals surface area contributed by atoms with Crippen LogP contribution in [0.25, 0.3) is 0 Å². The molecule has 1 amide bonds. The van der Waals surface area contributed by atoms with E-state index in [1.54, 1.807) is 20.8 Å². The van der Waals surface area contributed by atoms with Gasteiger partial charge in [-0.15, -0.1) is 0 Å². The zero-order valence-electron chi connectivity index (χ0n) is 19.8. The van der Waals surface area contributed by atoms with Crippen molar-refractivity contribution in [2.75, 3.05) is 19.7 Å². The lowest BCUT2D eigenvalue weighted by molar-refractivity contribution is -0.0483. The van der Waals surface area contributed by atoms with Crippen molar-refractivity contribution in [2.45, 2.75) is 77.8 Å². The van der Waals surface area contributed by atoms with Crippen LogP contribution in [0.5, 0.6) is 0 Å². The third kappa shape index (κ3) is 7.60. The Morgan fingerprint density at radius 2 is 1.73 bits per heavy atom. The van der Waals surface area contributed by atoms with E-state index in [-0.39, 0.29) is 26.0 Å². The summed E-state index contributed by atoms with van der Waals surface area (Å²) in [7, 11) is 0. The van der Waals surface area contributed by atoms with E-state index in [9.17, 15) is 27.9 Å². The van der Waals surface area contributed by atoms with E-state index in [1.165, 1.54) is 25.7 Å². The maximum atomic E-state index is 14.6. The average molecular weight is 476 g/mol. The summed E-state index contributed by atoms with van der Waals surface area (Å²) >= 11 is 0. The number of hydrogen-bond acceptors (Lipinski definition) is 6. The van der Waals surface area contributed by atoms with Gasteiger partial charge >= 0.3 is 12.1 Å². The van der Waals surface area contributed by atoms with Crippen molar-refractivity contribution in [3.63, 3.8) is 0 Å². The van der Waals surface area contributed by atoms with Crippen LogP contribution < -0.4 is 0 Å². The minimum Gasteiger partial charge on any atom is -0.456 e. The molecule has 1 saturated heterocycles. The zero-order valence-corrected chi connectivity index (χ0v) is 19.8. The van der Waals surface area contributed by atoms with E-state index >= 15 is 0 Å². The van der Waals surface area contributed by atoms with Crippen molar-refractivity contribution in [3.8, 4) is 0 Å². The van der Waals surface area contributed by atoms with Gasteiger partial charge in [0.15, 0.2) is 11.6 Å². The molecule has 0 saturated carbocycles. The molecular weight excluding hydrogens is 443 g/mol. The van der Waals surface area contributed by atoms with Gasteiger partial charge in [-0.05, 0) is 60.5 Å². The predicted octanol–water partition coefficient (Wildman–Crippen LogP) is 4.51. The van der Waals surface area contributed by atoms with Crippen LogP contribution in [0.4, 0.5) is 18.0 Å². The molecule has 10 heteroatoms. The van der Waals surface area contributed by atoms with Crippen molar-refractivity contribution in [2.24, 2.45) is 0 Å². The molecule has 33 heavy (non-hydrogen) atoms. The van der Waals surface area contributed by atoms with E-state index in [2.05, 4.69) is 0 Å². The van der Waals surface area contributed by atoms with Crippen molar-refractivity contribution >= 4 is 12.1 Å². The summed E-state index contributed by atoms with van der Waals surface area (Å²) < 4.78 is 59.5. The molecule has 1 aliphatic rings. The molecule has 0 spiro atoms. The van der Waals surface area contributed by atoms with Gasteiger partial charge in [-0.3, -0.25) is 0 Å². The molecule has 1 aromatic carbocycles. The molecule has 7 nitrogen and oxygen atoms in total. The van der Waals surface area contributed by atoms with Gasteiger partial charge in [-0.1, -0.05) is 0 Å². The van der Waals surface area contributed by atoms with Crippen molar-refractivity contribution in [3.05, 3.63) is 34.6 Å². The molecule has 0 unspecified atom stereocenters. The van der Waals surface area contributed by atoms with Crippen molar-refractivity contribution in [1.82, 2.24) is 4.90 Å². The number of carbonyl (C=O) groups is 2. The molecular formula is C23H32F3NO6. The number of carbonyl (C=O) groups excluding carboxylic acids is 2. The lowest BCUT2D eigenvalue weighted by Crippen LogP contribution is -2.47. The molecule has 0 aliphatic carbocycles. The molecule has 186 valence electrons. The number of esters is 1. The minimum atomic E-state index is -1.69. The van der Waals surface area contributed by atoms with Gasteiger partial charge in [-0.2, -0.15) is 0 Å². The fraction of sp³-hybridized carbons (Fsp3) is 0.652. The van der Waals surface area contributed by atoms with Crippen LogP contribution in [0.1, 0.15) is 76.4 Å². The summed E-state index contributed by atoms with van der Waals surface area (Å²) in [6.45, 7) is 10.6. The molecule has 1 fully saturated rings. The van der Waals surface area contributed by atoms with Gasteiger partial charge in [0.2, 0.25) is 0 Å². The van der Waals surface area contributed by atoms with Crippen molar-refractivity contribution in [1.29, 1.82) is 0 Å². The van der Waals surface area contributed by atoms with Gasteiger partial charge in [0.05, 0.1) is 30.9 Å². The summed E-state index contributed by atoms with van der Waals surface area (Å²) in [5, 5.41) is 10.4. The Balaban J connectivity index is 2.06. The Morgan fingerprint density at radius 3 is 2.30 bits per heavy atom. The highest BCUT2D eigenvalue weighted by atomic mass is 19.2. The number of aliphatic hydroxyl groups is 1. The number of rotatable bonds is 5. The molecule has 0 aromatic heterocycles. The summed E-state index contributed by atoms with van der Waals surface area (Å²) in [5.74, 6) is -5.72. The molecule has 1 heterocycles. The largest absolute Gasteiger partial charge is 0.456 e. The Bertz CT molecular complexity index is 878. The Hall–Kier alpha value is -2.33. The Labute approximate surface area is 191 Å². The highest BCUT2D eigenvalue weighted by Gasteiger charge is 2.31. The highest BCUT2D eigenvalue weighted by Crippen LogP contribution is 2.30. The first-order chi connectivity index (χ1) is 15.1. The Morgan fingerprint density at radius 1 is 1.12 bits per heavy atom. The monoisotopic (exact) mass is 475 g/mol. The molecule has 1 aliphatic heterocycles. The standard InChI is InChI=1S/C23H32F3NO6/c1-22(2,3)32-20(29)14-11-15(24)17(19(26)18(14)25)16(28)8-7-13-12-27(9-10-31-13)21(30)33-23(4,5)6/h11,13,16,28H,7-10,12H2,1-6H3/t13-,16-/m0/s1. The quantitative estimate of drug-likeness (QED) is 0.498. The van der Waals surface area contributed by atoms with E-state index in [4.69, 9.17) is 14.2 Å². The first kappa shape index (κ1) is 26.9. The van der Waals surface area contributed by atoms with Crippen LogP contribution in [-0.4, -0.2) is 59.1 Å². The summed E-state index contributed by atoms with van der Waals surface area (Å²) in [6.07, 6.45) is -2.71. The second-order valence-corrected chi connectivity index (χ2v) is 9.96. The molecule has 2 rings (SSSR count). The van der Waals surface area contributed by atoms with E-state index in [0.717, 1.165) is 0 Å². The minimum absolute atomic E-state index is 0.148. The normalized spacial score (nSPS) is 18.1. The first-order valence-corrected chi connectivity index (χ1v) is 10.8. The smallest absolute Gasteiger partial charge is 0.410 e. The maximum Gasteiger partial charge on any atom is 0.410 e. The van der Waals surface area contributed by atoms with E-state index < -0.39 is 64.1 Å². The maximum absolute atomic E-state index is 14.6. The fourth-order valence-electron chi connectivity index (χ4n) is 3.27. The second-order valence-electron chi connectivity index (χ2n) is 9.96. The first-order valence-electron chi connectivity index (χ1n) is 10.8. The lowest BCUT2D eigenvalue weighted by Gasteiger charge is -2.34. The van der Waals surface area contributed by atoms with Gasteiger partial charge < -0.3 is 24.2 Å². The highest BCUT2D eigenvalue weighted by molar-refractivity contribution is 5.90. The number of hydrogen-bond donors (Lipinski definition) is 1.